The van der Waals surface area contributed by atoms with Gasteiger partial charge in [0.15, 0.2) is 0 Å². The number of carboxylic acids is 1. The molecule has 4 nitrogen and oxygen atoms in total. The minimum Gasteiger partial charge on any atom is -0.497 e. The van der Waals surface area contributed by atoms with Crippen LogP contribution in [0.4, 0.5) is 0 Å². The maximum atomic E-state index is 10.7. The SMILES string of the molecule is COc1cccc(C(C)NC(C)C(=O)O)c1.Cl. The largest absolute Gasteiger partial charge is 0.497 e. The van der Waals surface area contributed by atoms with Gasteiger partial charge in [0, 0.05) is 6.04 Å². The fourth-order valence-electron chi connectivity index (χ4n) is 1.45. The normalized spacial score (nSPS) is 13.4. The molecule has 0 spiro atoms. The number of hydrogen-bond donors (Lipinski definition) is 2. The first kappa shape index (κ1) is 15.7. The summed E-state index contributed by atoms with van der Waals surface area (Å²) in [4.78, 5) is 10.7. The number of hydrogen-bond acceptors (Lipinski definition) is 3. The van der Waals surface area contributed by atoms with Crippen LogP contribution in [0, 0.1) is 0 Å². The van der Waals surface area contributed by atoms with Gasteiger partial charge in [0.2, 0.25) is 0 Å². The van der Waals surface area contributed by atoms with Gasteiger partial charge < -0.3 is 9.84 Å². The molecule has 2 atom stereocenters. The van der Waals surface area contributed by atoms with Crippen LogP contribution < -0.4 is 10.1 Å². The molecule has 0 aliphatic carbocycles. The minimum atomic E-state index is -0.852. The zero-order valence-electron chi connectivity index (χ0n) is 10.1. The third-order valence-corrected chi connectivity index (χ3v) is 2.46. The van der Waals surface area contributed by atoms with Gasteiger partial charge in [0.05, 0.1) is 7.11 Å². The van der Waals surface area contributed by atoms with Crippen molar-refractivity contribution < 1.29 is 14.6 Å². The van der Waals surface area contributed by atoms with Gasteiger partial charge in [-0.3, -0.25) is 10.1 Å². The average Bonchev–Trinajstić information content (AvgIpc) is 2.28. The molecule has 0 amide bonds. The Balaban J connectivity index is 0.00000256. The van der Waals surface area contributed by atoms with Gasteiger partial charge in [-0.2, -0.15) is 0 Å². The molecule has 5 heteroatoms. The number of nitrogens with one attached hydrogen (secondary N) is 1. The zero-order valence-corrected chi connectivity index (χ0v) is 11.0. The Morgan fingerprint density at radius 2 is 2.06 bits per heavy atom. The number of methoxy groups -OCH3 is 1. The van der Waals surface area contributed by atoms with E-state index in [2.05, 4.69) is 5.32 Å². The standard InChI is InChI=1S/C12H17NO3.ClH/c1-8(13-9(2)12(14)15)10-5-4-6-11(7-10)16-3;/h4-9,13H,1-3H3,(H,14,15);1H. The fraction of sp³-hybridized carbons (Fsp3) is 0.417. The molecule has 0 radical (unpaired) electrons. The Hall–Kier alpha value is -1.26. The lowest BCUT2D eigenvalue weighted by Gasteiger charge is -2.17. The van der Waals surface area contributed by atoms with Crippen LogP contribution in [0.15, 0.2) is 24.3 Å². The Labute approximate surface area is 107 Å². The Kier molecular flexibility index (Phi) is 6.61. The van der Waals surface area contributed by atoms with Gasteiger partial charge in [-0.05, 0) is 31.5 Å². The molecule has 1 aromatic carbocycles. The van der Waals surface area contributed by atoms with Gasteiger partial charge >= 0.3 is 5.97 Å². The van der Waals surface area contributed by atoms with E-state index in [1.165, 1.54) is 0 Å². The summed E-state index contributed by atoms with van der Waals surface area (Å²) in [6, 6.07) is 6.98. The van der Waals surface area contributed by atoms with Crippen molar-refractivity contribution in [1.29, 1.82) is 0 Å². The highest BCUT2D eigenvalue weighted by atomic mass is 35.5. The van der Waals surface area contributed by atoms with E-state index < -0.39 is 12.0 Å². The first-order chi connectivity index (χ1) is 7.54. The molecule has 0 aliphatic heterocycles. The number of benzene rings is 1. The maximum Gasteiger partial charge on any atom is 0.320 e. The van der Waals surface area contributed by atoms with E-state index in [0.717, 1.165) is 11.3 Å². The van der Waals surface area contributed by atoms with Crippen LogP contribution in [0.5, 0.6) is 5.75 Å². The number of rotatable bonds is 5. The average molecular weight is 260 g/mol. The Bertz CT molecular complexity index is 371. The Morgan fingerprint density at radius 3 is 2.59 bits per heavy atom. The second kappa shape index (κ2) is 7.14. The van der Waals surface area contributed by atoms with Crippen LogP contribution in [-0.2, 0) is 4.79 Å². The van der Waals surface area contributed by atoms with E-state index >= 15 is 0 Å². The molecule has 1 rings (SSSR count). The second-order valence-corrected chi connectivity index (χ2v) is 3.72. The molecule has 0 bridgehead atoms. The van der Waals surface area contributed by atoms with Gasteiger partial charge in [-0.15, -0.1) is 12.4 Å². The summed E-state index contributed by atoms with van der Waals surface area (Å²) in [6.07, 6.45) is 0. The second-order valence-electron chi connectivity index (χ2n) is 3.72. The summed E-state index contributed by atoms with van der Waals surface area (Å²) in [5.41, 5.74) is 1.01. The molecule has 2 N–H and O–H groups in total. The summed E-state index contributed by atoms with van der Waals surface area (Å²) in [5, 5.41) is 11.8. The molecular formula is C12H18ClNO3. The summed E-state index contributed by atoms with van der Waals surface area (Å²) >= 11 is 0. The van der Waals surface area contributed by atoms with Crippen molar-refractivity contribution in [3.63, 3.8) is 0 Å². The molecule has 0 aromatic heterocycles. The Morgan fingerprint density at radius 1 is 1.41 bits per heavy atom. The lowest BCUT2D eigenvalue weighted by molar-refractivity contribution is -0.139. The van der Waals surface area contributed by atoms with Crippen molar-refractivity contribution in [2.45, 2.75) is 25.9 Å². The molecule has 1 aromatic rings. The number of carboxylic acid groups (broad SMARTS) is 1. The highest BCUT2D eigenvalue weighted by Gasteiger charge is 2.14. The van der Waals surface area contributed by atoms with Crippen LogP contribution in [-0.4, -0.2) is 24.2 Å². The number of aliphatic carboxylic acids is 1. The van der Waals surface area contributed by atoms with Crippen LogP contribution >= 0.6 is 12.4 Å². The first-order valence-electron chi connectivity index (χ1n) is 5.17. The summed E-state index contributed by atoms with van der Waals surface area (Å²) in [6.45, 7) is 3.55. The minimum absolute atomic E-state index is 0. The highest BCUT2D eigenvalue weighted by molar-refractivity contribution is 5.85. The van der Waals surface area contributed by atoms with E-state index in [0.29, 0.717) is 0 Å². The summed E-state index contributed by atoms with van der Waals surface area (Å²) < 4.78 is 5.11. The third kappa shape index (κ3) is 4.63. The van der Waals surface area contributed by atoms with Crippen molar-refractivity contribution in [3.8, 4) is 5.75 Å². The molecule has 96 valence electrons. The first-order valence-corrected chi connectivity index (χ1v) is 5.17. The predicted octanol–water partition coefficient (Wildman–Crippen LogP) is 2.24. The summed E-state index contributed by atoms with van der Waals surface area (Å²) in [7, 11) is 1.61. The molecule has 0 heterocycles. The topological polar surface area (TPSA) is 58.6 Å². The number of ether oxygens (including phenoxy) is 1. The number of carbonyl (C=O) groups is 1. The van der Waals surface area contributed by atoms with E-state index in [1.807, 2.05) is 31.2 Å². The van der Waals surface area contributed by atoms with E-state index in [1.54, 1.807) is 14.0 Å². The van der Waals surface area contributed by atoms with Crippen LogP contribution in [0.1, 0.15) is 25.5 Å². The van der Waals surface area contributed by atoms with Gasteiger partial charge in [-0.1, -0.05) is 12.1 Å². The van der Waals surface area contributed by atoms with E-state index in [9.17, 15) is 4.79 Å². The third-order valence-electron chi connectivity index (χ3n) is 2.46. The lowest BCUT2D eigenvalue weighted by Crippen LogP contribution is -2.35. The molecule has 0 aliphatic rings. The van der Waals surface area contributed by atoms with E-state index in [-0.39, 0.29) is 18.4 Å². The molecule has 0 saturated carbocycles. The fourth-order valence-corrected chi connectivity index (χ4v) is 1.45. The van der Waals surface area contributed by atoms with Crippen molar-refractivity contribution in [1.82, 2.24) is 5.32 Å². The lowest BCUT2D eigenvalue weighted by atomic mass is 10.1. The van der Waals surface area contributed by atoms with Crippen molar-refractivity contribution in [2.24, 2.45) is 0 Å². The van der Waals surface area contributed by atoms with Crippen molar-refractivity contribution >= 4 is 18.4 Å². The maximum absolute atomic E-state index is 10.7. The van der Waals surface area contributed by atoms with Gasteiger partial charge in [-0.25, -0.2) is 0 Å². The van der Waals surface area contributed by atoms with Crippen LogP contribution in [0.25, 0.3) is 0 Å². The zero-order chi connectivity index (χ0) is 12.1. The molecule has 2 unspecified atom stereocenters. The van der Waals surface area contributed by atoms with Crippen LogP contribution in [0.3, 0.4) is 0 Å². The van der Waals surface area contributed by atoms with E-state index in [4.69, 9.17) is 9.84 Å². The molecule has 17 heavy (non-hydrogen) atoms. The number of halogens is 1. The predicted molar refractivity (Wildman–Crippen MR) is 68.9 cm³/mol. The smallest absolute Gasteiger partial charge is 0.320 e. The van der Waals surface area contributed by atoms with Crippen LogP contribution in [0.2, 0.25) is 0 Å². The van der Waals surface area contributed by atoms with Gasteiger partial charge in [0.25, 0.3) is 0 Å². The van der Waals surface area contributed by atoms with Crippen molar-refractivity contribution in [3.05, 3.63) is 29.8 Å². The quantitative estimate of drug-likeness (QED) is 0.852. The van der Waals surface area contributed by atoms with Crippen molar-refractivity contribution in [2.75, 3.05) is 7.11 Å². The molecule has 0 fully saturated rings. The monoisotopic (exact) mass is 259 g/mol. The molecular weight excluding hydrogens is 242 g/mol. The summed E-state index contributed by atoms with van der Waals surface area (Å²) in [5.74, 6) is -0.0797. The highest BCUT2D eigenvalue weighted by Crippen LogP contribution is 2.18. The van der Waals surface area contributed by atoms with Gasteiger partial charge in [0.1, 0.15) is 11.8 Å². The molecule has 0 saturated heterocycles.